The quantitative estimate of drug-likeness (QED) is 0.434. The van der Waals surface area contributed by atoms with Gasteiger partial charge in [0.2, 0.25) is 0 Å². The van der Waals surface area contributed by atoms with E-state index in [1.165, 1.54) is 4.43 Å². The van der Waals surface area contributed by atoms with E-state index in [0.29, 0.717) is 0 Å². The molecule has 1 aliphatic heterocycles. The second-order valence-corrected chi connectivity index (χ2v) is 4.15. The zero-order valence-corrected chi connectivity index (χ0v) is 6.91. The van der Waals surface area contributed by atoms with E-state index in [1.807, 2.05) is 0 Å². The molecule has 0 aliphatic carbocycles. The number of hydrogen-bond acceptors (Lipinski definition) is 0. The van der Waals surface area contributed by atoms with Gasteiger partial charge in [0, 0.05) is 0 Å². The van der Waals surface area contributed by atoms with Gasteiger partial charge in [-0.25, -0.2) is 0 Å². The summed E-state index contributed by atoms with van der Waals surface area (Å²) in [5.74, 6) is 0. The predicted molar refractivity (Wildman–Crippen MR) is 47.7 cm³/mol. The Labute approximate surface area is 60.2 Å². The third-order valence-electron chi connectivity index (χ3n) is 0.837. The Morgan fingerprint density at radius 2 is 1.88 bits per heavy atom. The van der Waals surface area contributed by atoms with Crippen LogP contribution in [-0.4, -0.2) is 4.43 Å². The van der Waals surface area contributed by atoms with E-state index >= 15 is 0 Å². The third-order valence-corrected chi connectivity index (χ3v) is 2.93. The van der Waals surface area contributed by atoms with Crippen LogP contribution < -0.4 is 0 Å². The van der Waals surface area contributed by atoms with Crippen LogP contribution >= 0.6 is 21.2 Å². The summed E-state index contributed by atoms with van der Waals surface area (Å²) in [5.41, 5.74) is 0. The first-order valence-corrected chi connectivity index (χ1v) is 5.59. The molecular formula is C7H9I. The van der Waals surface area contributed by atoms with Crippen molar-refractivity contribution in [2.75, 3.05) is 4.43 Å². The Hall–Kier alpha value is -0.0500. The van der Waals surface area contributed by atoms with Crippen LogP contribution in [0.1, 0.15) is 0 Å². The van der Waals surface area contributed by atoms with Crippen LogP contribution in [0.4, 0.5) is 0 Å². The Kier molecular flexibility index (Phi) is 2.96. The fourth-order valence-electron chi connectivity index (χ4n) is 0.474. The molecule has 0 aromatic carbocycles. The Morgan fingerprint density at radius 1 is 1.00 bits per heavy atom. The second-order valence-electron chi connectivity index (χ2n) is 1.47. The van der Waals surface area contributed by atoms with Gasteiger partial charge in [-0.3, -0.25) is 0 Å². The summed E-state index contributed by atoms with van der Waals surface area (Å²) in [4.78, 5) is 0. The van der Waals surface area contributed by atoms with Crippen LogP contribution in [0.5, 0.6) is 0 Å². The van der Waals surface area contributed by atoms with Crippen LogP contribution in [0.3, 0.4) is 0 Å². The number of halogens is 1. The molecule has 0 nitrogen and oxygen atoms in total. The molecule has 0 saturated heterocycles. The SMILES string of the molecule is C1=CC=C[IH]CC=C1. The molecule has 0 N–H and O–H groups in total. The third kappa shape index (κ3) is 2.31. The van der Waals surface area contributed by atoms with Gasteiger partial charge in [-0.15, -0.1) is 0 Å². The van der Waals surface area contributed by atoms with E-state index in [2.05, 4.69) is 34.5 Å². The van der Waals surface area contributed by atoms with Crippen molar-refractivity contribution in [3.8, 4) is 0 Å². The standard InChI is InChI=1S/C7H9I/c1-2-4-6-8-7-5-3-1/h1-6,8H,7H2. The van der Waals surface area contributed by atoms with E-state index < -0.39 is 0 Å². The molecule has 0 unspecified atom stereocenters. The molecule has 0 saturated carbocycles. The van der Waals surface area contributed by atoms with Crippen molar-refractivity contribution in [2.24, 2.45) is 0 Å². The molecule has 1 rings (SSSR count). The zero-order valence-electron chi connectivity index (χ0n) is 4.58. The van der Waals surface area contributed by atoms with Crippen molar-refractivity contribution in [1.82, 2.24) is 0 Å². The van der Waals surface area contributed by atoms with Crippen LogP contribution in [0, 0.1) is 0 Å². The fraction of sp³-hybridized carbons (Fsp3) is 0.143. The van der Waals surface area contributed by atoms with Crippen LogP contribution in [-0.2, 0) is 0 Å². The number of allylic oxidation sites excluding steroid dienone is 5. The Balaban J connectivity index is 2.51. The molecule has 1 heterocycles. The van der Waals surface area contributed by atoms with Crippen molar-refractivity contribution in [1.29, 1.82) is 0 Å². The van der Waals surface area contributed by atoms with Crippen molar-refractivity contribution in [3.63, 3.8) is 0 Å². The monoisotopic (exact) mass is 220 g/mol. The van der Waals surface area contributed by atoms with Gasteiger partial charge < -0.3 is 0 Å². The van der Waals surface area contributed by atoms with Gasteiger partial charge in [-0.2, -0.15) is 0 Å². The van der Waals surface area contributed by atoms with Gasteiger partial charge in [-0.1, -0.05) is 0 Å². The summed E-state index contributed by atoms with van der Waals surface area (Å²) in [6.07, 6.45) is 10.7. The fourth-order valence-corrected chi connectivity index (χ4v) is 2.00. The minimum absolute atomic E-state index is 0.200. The first-order chi connectivity index (χ1) is 4.00. The second kappa shape index (κ2) is 3.89. The summed E-state index contributed by atoms with van der Waals surface area (Å²) >= 11 is 0.200. The van der Waals surface area contributed by atoms with Crippen molar-refractivity contribution >= 4 is 21.2 Å². The van der Waals surface area contributed by atoms with Crippen molar-refractivity contribution < 1.29 is 0 Å². The van der Waals surface area contributed by atoms with E-state index in [9.17, 15) is 0 Å². The van der Waals surface area contributed by atoms with Crippen molar-refractivity contribution in [3.05, 3.63) is 34.5 Å². The summed E-state index contributed by atoms with van der Waals surface area (Å²) in [5, 5.41) is 0. The van der Waals surface area contributed by atoms with Gasteiger partial charge in [0.15, 0.2) is 0 Å². The molecule has 1 heteroatoms. The Morgan fingerprint density at radius 3 is 2.88 bits per heavy atom. The zero-order chi connectivity index (χ0) is 5.66. The van der Waals surface area contributed by atoms with Crippen LogP contribution in [0.25, 0.3) is 0 Å². The van der Waals surface area contributed by atoms with Gasteiger partial charge in [0.25, 0.3) is 0 Å². The first-order valence-electron chi connectivity index (χ1n) is 2.60. The van der Waals surface area contributed by atoms with E-state index in [1.54, 1.807) is 0 Å². The molecule has 0 radical (unpaired) electrons. The van der Waals surface area contributed by atoms with Gasteiger partial charge >= 0.3 is 60.1 Å². The maximum atomic E-state index is 2.31. The summed E-state index contributed by atoms with van der Waals surface area (Å²) in [6, 6.07) is 0. The van der Waals surface area contributed by atoms with Crippen LogP contribution in [0.15, 0.2) is 34.5 Å². The van der Waals surface area contributed by atoms with Gasteiger partial charge in [0.1, 0.15) is 0 Å². The summed E-state index contributed by atoms with van der Waals surface area (Å²) in [7, 11) is 0. The average molecular weight is 220 g/mol. The van der Waals surface area contributed by atoms with Gasteiger partial charge in [-0.05, 0) is 0 Å². The molecule has 0 spiro atoms. The molecule has 8 heavy (non-hydrogen) atoms. The van der Waals surface area contributed by atoms with E-state index in [-0.39, 0.29) is 21.2 Å². The van der Waals surface area contributed by atoms with Gasteiger partial charge in [0.05, 0.1) is 0 Å². The summed E-state index contributed by atoms with van der Waals surface area (Å²) < 4.78 is 3.62. The maximum absolute atomic E-state index is 2.31. The number of alkyl halides is 1. The number of hydrogen-bond donors (Lipinski definition) is 0. The predicted octanol–water partition coefficient (Wildman–Crippen LogP) is 2.33. The van der Waals surface area contributed by atoms with Crippen molar-refractivity contribution in [2.45, 2.75) is 0 Å². The molecule has 0 aromatic heterocycles. The summed E-state index contributed by atoms with van der Waals surface area (Å²) in [6.45, 7) is 0. The van der Waals surface area contributed by atoms with Crippen LogP contribution in [0.2, 0.25) is 0 Å². The average Bonchev–Trinajstić information content (AvgIpc) is 1.62. The number of rotatable bonds is 0. The molecule has 0 fully saturated rings. The van der Waals surface area contributed by atoms with E-state index in [4.69, 9.17) is 0 Å². The molecular weight excluding hydrogens is 211 g/mol. The molecule has 1 aliphatic rings. The molecule has 44 valence electrons. The molecule has 0 bridgehead atoms. The Bertz CT molecular complexity index is 115. The van der Waals surface area contributed by atoms with E-state index in [0.717, 1.165) is 0 Å². The first kappa shape index (κ1) is 6.08. The minimum atomic E-state index is 0.200. The molecule has 0 aromatic rings. The normalized spacial score (nSPS) is 19.0. The molecule has 0 amide bonds. The molecule has 0 atom stereocenters. The topological polar surface area (TPSA) is 0 Å².